The van der Waals surface area contributed by atoms with Crippen LogP contribution in [0.4, 0.5) is 0 Å². The van der Waals surface area contributed by atoms with Gasteiger partial charge in [0.15, 0.2) is 0 Å². The van der Waals surface area contributed by atoms with E-state index in [1.165, 1.54) is 0 Å². The molecule has 0 atom stereocenters. The minimum absolute atomic E-state index is 0.132. The van der Waals surface area contributed by atoms with E-state index in [0.29, 0.717) is 17.3 Å². The minimum Gasteiger partial charge on any atom is -0.424 e. The van der Waals surface area contributed by atoms with Crippen LogP contribution in [0.15, 0.2) is 30.6 Å². The largest absolute Gasteiger partial charge is 0.424 e. The Hall–Kier alpha value is -2.41. The van der Waals surface area contributed by atoms with Gasteiger partial charge in [-0.05, 0) is 36.1 Å². The first kappa shape index (κ1) is 14.0. The molecule has 2 rings (SSSR count). The molecule has 0 aliphatic heterocycles. The van der Waals surface area contributed by atoms with Crippen molar-refractivity contribution in [1.82, 2.24) is 9.97 Å². The highest BCUT2D eigenvalue weighted by molar-refractivity contribution is 5.46. The number of rotatable bonds is 2. The maximum Gasteiger partial charge on any atom is 0.321 e. The Labute approximate surface area is 119 Å². The number of benzene rings is 1. The van der Waals surface area contributed by atoms with E-state index in [1.807, 2.05) is 13.0 Å². The summed E-state index contributed by atoms with van der Waals surface area (Å²) in [6.45, 7) is 8.15. The van der Waals surface area contributed by atoms with Gasteiger partial charge in [-0.3, -0.25) is 0 Å². The summed E-state index contributed by atoms with van der Waals surface area (Å²) in [6.07, 6.45) is 3.42. The summed E-state index contributed by atoms with van der Waals surface area (Å²) in [4.78, 5) is 8.28. The van der Waals surface area contributed by atoms with Gasteiger partial charge in [0.25, 0.3) is 0 Å². The molecule has 102 valence electrons. The molecule has 1 aromatic carbocycles. The van der Waals surface area contributed by atoms with E-state index in [0.717, 1.165) is 11.1 Å². The maximum absolute atomic E-state index is 9.02. The number of nitriles is 1. The SMILES string of the molecule is Cc1cnc(Oc2ccc(C#N)cc2C(C)(C)C)nc1. The highest BCUT2D eigenvalue weighted by Gasteiger charge is 2.20. The molecule has 0 aliphatic carbocycles. The Morgan fingerprint density at radius 2 is 1.80 bits per heavy atom. The lowest BCUT2D eigenvalue weighted by Gasteiger charge is -2.22. The van der Waals surface area contributed by atoms with Crippen molar-refractivity contribution in [3.05, 3.63) is 47.3 Å². The highest BCUT2D eigenvalue weighted by Crippen LogP contribution is 2.33. The predicted molar refractivity (Wildman–Crippen MR) is 76.7 cm³/mol. The van der Waals surface area contributed by atoms with Crippen LogP contribution in [0.25, 0.3) is 0 Å². The molecule has 0 N–H and O–H groups in total. The number of aromatic nitrogens is 2. The Morgan fingerprint density at radius 1 is 1.15 bits per heavy atom. The number of aryl methyl sites for hydroxylation is 1. The molecule has 0 saturated carbocycles. The third-order valence-electron chi connectivity index (χ3n) is 2.88. The van der Waals surface area contributed by atoms with E-state index >= 15 is 0 Å². The Bertz CT molecular complexity index is 649. The van der Waals surface area contributed by atoms with Crippen molar-refractivity contribution in [2.45, 2.75) is 33.1 Å². The van der Waals surface area contributed by atoms with Gasteiger partial charge in [0.05, 0.1) is 11.6 Å². The summed E-state index contributed by atoms with van der Waals surface area (Å²) in [5.41, 5.74) is 2.42. The smallest absolute Gasteiger partial charge is 0.321 e. The van der Waals surface area contributed by atoms with Crippen LogP contribution >= 0.6 is 0 Å². The van der Waals surface area contributed by atoms with Crippen LogP contribution in [0.1, 0.15) is 37.5 Å². The quantitative estimate of drug-likeness (QED) is 0.831. The molecule has 2 aromatic rings. The minimum atomic E-state index is -0.132. The molecule has 0 fully saturated rings. The fourth-order valence-corrected chi connectivity index (χ4v) is 1.81. The van der Waals surface area contributed by atoms with Crippen molar-refractivity contribution in [1.29, 1.82) is 5.26 Å². The third kappa shape index (κ3) is 3.12. The average Bonchev–Trinajstić information content (AvgIpc) is 2.40. The molecule has 1 heterocycles. The molecule has 0 bridgehead atoms. The molecule has 4 heteroatoms. The molecule has 4 nitrogen and oxygen atoms in total. The average molecular weight is 267 g/mol. The zero-order valence-corrected chi connectivity index (χ0v) is 12.1. The molecule has 0 unspecified atom stereocenters. The van der Waals surface area contributed by atoms with Crippen LogP contribution in [0.5, 0.6) is 11.8 Å². The van der Waals surface area contributed by atoms with E-state index in [1.54, 1.807) is 24.5 Å². The van der Waals surface area contributed by atoms with Crippen LogP contribution in [0.3, 0.4) is 0 Å². The lowest BCUT2D eigenvalue weighted by atomic mass is 9.85. The molecule has 0 amide bonds. The molecule has 0 aliphatic rings. The van der Waals surface area contributed by atoms with Crippen molar-refractivity contribution in [3.63, 3.8) is 0 Å². The Morgan fingerprint density at radius 3 is 2.35 bits per heavy atom. The fourth-order valence-electron chi connectivity index (χ4n) is 1.81. The van der Waals surface area contributed by atoms with Crippen LogP contribution in [-0.4, -0.2) is 9.97 Å². The zero-order chi connectivity index (χ0) is 14.8. The Kier molecular flexibility index (Phi) is 3.71. The molecular weight excluding hydrogens is 250 g/mol. The summed E-state index contributed by atoms with van der Waals surface area (Å²) in [5.74, 6) is 0.681. The predicted octanol–water partition coefficient (Wildman–Crippen LogP) is 3.75. The zero-order valence-electron chi connectivity index (χ0n) is 12.1. The molecule has 20 heavy (non-hydrogen) atoms. The van der Waals surface area contributed by atoms with Crippen molar-refractivity contribution in [2.75, 3.05) is 0 Å². The second-order valence-corrected chi connectivity index (χ2v) is 5.72. The summed E-state index contributed by atoms with van der Waals surface area (Å²) >= 11 is 0. The van der Waals surface area contributed by atoms with Crippen molar-refractivity contribution < 1.29 is 4.74 Å². The fraction of sp³-hybridized carbons (Fsp3) is 0.312. The second kappa shape index (κ2) is 5.30. The third-order valence-corrected chi connectivity index (χ3v) is 2.88. The monoisotopic (exact) mass is 267 g/mol. The lowest BCUT2D eigenvalue weighted by Crippen LogP contribution is -2.13. The number of ether oxygens (including phenoxy) is 1. The number of hydrogen-bond donors (Lipinski definition) is 0. The van der Waals surface area contributed by atoms with Gasteiger partial charge in [0.2, 0.25) is 0 Å². The maximum atomic E-state index is 9.02. The van der Waals surface area contributed by atoms with Crippen molar-refractivity contribution in [3.8, 4) is 17.8 Å². The Balaban J connectivity index is 2.41. The van der Waals surface area contributed by atoms with E-state index in [2.05, 4.69) is 36.8 Å². The van der Waals surface area contributed by atoms with Gasteiger partial charge in [-0.25, -0.2) is 9.97 Å². The molecule has 0 saturated heterocycles. The van der Waals surface area contributed by atoms with Gasteiger partial charge in [-0.15, -0.1) is 0 Å². The number of nitrogens with zero attached hydrogens (tertiary/aromatic N) is 3. The van der Waals surface area contributed by atoms with Gasteiger partial charge < -0.3 is 4.74 Å². The van der Waals surface area contributed by atoms with Crippen LogP contribution in [0.2, 0.25) is 0 Å². The molecule has 0 radical (unpaired) electrons. The summed E-state index contributed by atoms with van der Waals surface area (Å²) in [5, 5.41) is 9.02. The van der Waals surface area contributed by atoms with Crippen molar-refractivity contribution >= 4 is 0 Å². The normalized spacial score (nSPS) is 10.9. The first-order valence-electron chi connectivity index (χ1n) is 6.41. The van der Waals surface area contributed by atoms with Gasteiger partial charge in [-0.1, -0.05) is 20.8 Å². The first-order valence-corrected chi connectivity index (χ1v) is 6.41. The summed E-state index contributed by atoms with van der Waals surface area (Å²) in [7, 11) is 0. The number of hydrogen-bond acceptors (Lipinski definition) is 4. The van der Waals surface area contributed by atoms with E-state index in [-0.39, 0.29) is 5.41 Å². The lowest BCUT2D eigenvalue weighted by molar-refractivity contribution is 0.422. The van der Waals surface area contributed by atoms with E-state index < -0.39 is 0 Å². The van der Waals surface area contributed by atoms with Crippen LogP contribution < -0.4 is 4.74 Å². The van der Waals surface area contributed by atoms with Gasteiger partial charge in [0, 0.05) is 18.0 Å². The summed E-state index contributed by atoms with van der Waals surface area (Å²) in [6, 6.07) is 7.84. The molecule has 1 aromatic heterocycles. The topological polar surface area (TPSA) is 58.8 Å². The molecule has 0 spiro atoms. The molecular formula is C16H17N3O. The van der Waals surface area contributed by atoms with Crippen molar-refractivity contribution in [2.24, 2.45) is 0 Å². The second-order valence-electron chi connectivity index (χ2n) is 5.72. The highest BCUT2D eigenvalue weighted by atomic mass is 16.5. The van der Waals surface area contributed by atoms with Gasteiger partial charge in [-0.2, -0.15) is 5.26 Å². The van der Waals surface area contributed by atoms with Crippen LogP contribution in [0, 0.1) is 18.3 Å². The standard InChI is InChI=1S/C16H17N3O/c1-11-9-18-15(19-10-11)20-14-6-5-12(8-17)7-13(14)16(2,3)4/h5-7,9-10H,1-4H3. The van der Waals surface area contributed by atoms with Crippen LogP contribution in [-0.2, 0) is 5.41 Å². The summed E-state index contributed by atoms with van der Waals surface area (Å²) < 4.78 is 5.76. The van der Waals surface area contributed by atoms with Gasteiger partial charge in [0.1, 0.15) is 5.75 Å². The van der Waals surface area contributed by atoms with E-state index in [4.69, 9.17) is 10.00 Å². The van der Waals surface area contributed by atoms with Gasteiger partial charge >= 0.3 is 6.01 Å². The van der Waals surface area contributed by atoms with E-state index in [9.17, 15) is 0 Å². The first-order chi connectivity index (χ1) is 9.40.